The van der Waals surface area contributed by atoms with Gasteiger partial charge in [0.25, 0.3) is 0 Å². The lowest BCUT2D eigenvalue weighted by atomic mass is 10.4. The summed E-state index contributed by atoms with van der Waals surface area (Å²) < 4.78 is 4.64. The fourth-order valence-electron chi connectivity index (χ4n) is 1.11. The lowest BCUT2D eigenvalue weighted by Gasteiger charge is -2.02. The second-order valence-electron chi connectivity index (χ2n) is 3.50. The van der Waals surface area contributed by atoms with Gasteiger partial charge in [-0.25, -0.2) is 0 Å². The highest BCUT2D eigenvalue weighted by Crippen LogP contribution is 2.01. The minimum Gasteiger partial charge on any atom is -0.466 e. The molecule has 15 heavy (non-hydrogen) atoms. The summed E-state index contributed by atoms with van der Waals surface area (Å²) in [6.07, 6.45) is 2.05. The van der Waals surface area contributed by atoms with Crippen LogP contribution in [-0.4, -0.2) is 21.4 Å². The second kappa shape index (κ2) is 13.7. The molecule has 0 saturated carbocycles. The number of carbonyl (C=O) groups excluding carboxylic acids is 1. The molecule has 0 amide bonds. The Morgan fingerprint density at radius 1 is 1.07 bits per heavy atom. The molecule has 1 radical (unpaired) electrons. The minimum atomic E-state index is -0.182. The average molecular weight is 231 g/mol. The van der Waals surface area contributed by atoms with Crippen LogP contribution in [0.3, 0.4) is 0 Å². The van der Waals surface area contributed by atoms with Gasteiger partial charge in [0.05, 0.1) is 6.61 Å². The van der Waals surface area contributed by atoms with Crippen LogP contribution in [0.25, 0.3) is 0 Å². The van der Waals surface area contributed by atoms with E-state index in [1.807, 2.05) is 0 Å². The molecule has 0 atom stereocenters. The number of rotatable bonds is 6. The zero-order valence-electron chi connectivity index (χ0n) is 11.1. The highest BCUT2D eigenvalue weighted by Gasteiger charge is 1.98. The molecule has 0 unspecified atom stereocenters. The first kappa shape index (κ1) is 17.1. The Labute approximate surface area is 97.0 Å². The maximum absolute atomic E-state index is 10.1. The van der Waals surface area contributed by atoms with Gasteiger partial charge in [0.2, 0.25) is 0 Å². The smallest absolute Gasteiger partial charge is 0.302 e. The highest BCUT2D eigenvalue weighted by atomic mass is 28.3. The first-order valence-electron chi connectivity index (χ1n) is 6.09. The van der Waals surface area contributed by atoms with E-state index in [2.05, 4.69) is 32.4 Å². The molecule has 0 aliphatic rings. The van der Waals surface area contributed by atoms with Crippen molar-refractivity contribution < 1.29 is 9.53 Å². The molecule has 0 aliphatic carbocycles. The van der Waals surface area contributed by atoms with Gasteiger partial charge in [0.1, 0.15) is 0 Å². The van der Waals surface area contributed by atoms with Crippen molar-refractivity contribution in [2.45, 2.75) is 65.6 Å². The Morgan fingerprint density at radius 2 is 1.53 bits per heavy atom. The highest BCUT2D eigenvalue weighted by molar-refractivity contribution is 6.58. The summed E-state index contributed by atoms with van der Waals surface area (Å²) in [6.45, 7) is 11.0. The standard InChI is InChI=1S/C6H12O2.C6H15Si/c1-3-4-5-8-6(2)7;1-4-7(5-2)6-3/h3-5H2,1-2H3;4-6H2,1-3H3. The van der Waals surface area contributed by atoms with Gasteiger partial charge in [-0.15, -0.1) is 0 Å². The van der Waals surface area contributed by atoms with Crippen molar-refractivity contribution in [3.8, 4) is 0 Å². The van der Waals surface area contributed by atoms with Crippen LogP contribution in [0.4, 0.5) is 0 Å². The lowest BCUT2D eigenvalue weighted by Crippen LogP contribution is -2.04. The summed E-state index contributed by atoms with van der Waals surface area (Å²) in [7, 11) is 0.137. The van der Waals surface area contributed by atoms with E-state index < -0.39 is 0 Å². The van der Waals surface area contributed by atoms with E-state index in [9.17, 15) is 4.79 Å². The number of esters is 1. The van der Waals surface area contributed by atoms with Gasteiger partial charge in [-0.3, -0.25) is 4.79 Å². The molecule has 0 aromatic carbocycles. The average Bonchev–Trinajstić information content (AvgIpc) is 2.21. The summed E-state index contributed by atoms with van der Waals surface area (Å²) in [5, 5.41) is 0. The quantitative estimate of drug-likeness (QED) is 0.394. The van der Waals surface area contributed by atoms with Crippen molar-refractivity contribution in [2.75, 3.05) is 6.61 Å². The van der Waals surface area contributed by atoms with Gasteiger partial charge in [-0.2, -0.15) is 0 Å². The number of hydrogen-bond donors (Lipinski definition) is 0. The predicted molar refractivity (Wildman–Crippen MR) is 68.7 cm³/mol. The first-order chi connectivity index (χ1) is 7.12. The van der Waals surface area contributed by atoms with Crippen LogP contribution >= 0.6 is 0 Å². The third-order valence-corrected chi connectivity index (χ3v) is 5.30. The van der Waals surface area contributed by atoms with E-state index in [1.54, 1.807) is 0 Å². The predicted octanol–water partition coefficient (Wildman–Crippen LogP) is 3.89. The van der Waals surface area contributed by atoms with Crippen LogP contribution in [0.15, 0.2) is 0 Å². The van der Waals surface area contributed by atoms with Crippen molar-refractivity contribution in [1.29, 1.82) is 0 Å². The van der Waals surface area contributed by atoms with Crippen LogP contribution in [0.2, 0.25) is 18.1 Å². The van der Waals surface area contributed by atoms with Crippen molar-refractivity contribution in [1.82, 2.24) is 0 Å². The second-order valence-corrected chi connectivity index (χ2v) is 7.13. The molecule has 2 nitrogen and oxygen atoms in total. The largest absolute Gasteiger partial charge is 0.466 e. The van der Waals surface area contributed by atoms with Crippen LogP contribution < -0.4 is 0 Å². The van der Waals surface area contributed by atoms with Gasteiger partial charge < -0.3 is 4.74 Å². The normalized spacial score (nSPS) is 9.47. The summed E-state index contributed by atoms with van der Waals surface area (Å²) in [4.78, 5) is 10.1. The number of ether oxygens (including phenoxy) is 1. The number of unbranched alkanes of at least 4 members (excludes halogenated alkanes) is 1. The van der Waals surface area contributed by atoms with Gasteiger partial charge in [-0.1, -0.05) is 52.2 Å². The van der Waals surface area contributed by atoms with Crippen molar-refractivity contribution in [3.63, 3.8) is 0 Å². The van der Waals surface area contributed by atoms with E-state index in [4.69, 9.17) is 0 Å². The van der Waals surface area contributed by atoms with E-state index in [1.165, 1.54) is 25.1 Å². The molecule has 0 N–H and O–H groups in total. The molecule has 0 bridgehead atoms. The molecule has 3 heteroatoms. The van der Waals surface area contributed by atoms with Crippen molar-refractivity contribution in [3.05, 3.63) is 0 Å². The van der Waals surface area contributed by atoms with Gasteiger partial charge >= 0.3 is 5.97 Å². The van der Waals surface area contributed by atoms with Crippen LogP contribution in [-0.2, 0) is 9.53 Å². The molecule has 0 aliphatic heterocycles. The third-order valence-electron chi connectivity index (χ3n) is 2.30. The zero-order chi connectivity index (χ0) is 12.1. The Morgan fingerprint density at radius 3 is 1.73 bits per heavy atom. The van der Waals surface area contributed by atoms with E-state index in [-0.39, 0.29) is 14.8 Å². The van der Waals surface area contributed by atoms with Crippen molar-refractivity contribution >= 4 is 14.8 Å². The van der Waals surface area contributed by atoms with Gasteiger partial charge in [0.15, 0.2) is 0 Å². The van der Waals surface area contributed by atoms with E-state index >= 15 is 0 Å². The SMILES string of the molecule is CCCCOC(C)=O.CC[Si](CC)CC. The Balaban J connectivity index is 0. The zero-order valence-corrected chi connectivity index (χ0v) is 12.1. The number of hydrogen-bond acceptors (Lipinski definition) is 2. The van der Waals surface area contributed by atoms with Gasteiger partial charge in [-0.05, 0) is 6.42 Å². The molecule has 0 aromatic heterocycles. The molecule has 0 aromatic rings. The summed E-state index contributed by atoms with van der Waals surface area (Å²) >= 11 is 0. The minimum absolute atomic E-state index is 0.137. The molecule has 0 fully saturated rings. The molecule has 0 saturated heterocycles. The van der Waals surface area contributed by atoms with Crippen LogP contribution in [0, 0.1) is 0 Å². The Kier molecular flexibility index (Phi) is 15.6. The van der Waals surface area contributed by atoms with Crippen molar-refractivity contribution in [2.24, 2.45) is 0 Å². The maximum atomic E-state index is 10.1. The fraction of sp³-hybridized carbons (Fsp3) is 0.917. The van der Waals surface area contributed by atoms with Gasteiger partial charge in [0, 0.05) is 15.7 Å². The fourth-order valence-corrected chi connectivity index (χ4v) is 2.61. The molecular formula is C12H27O2Si. The van der Waals surface area contributed by atoms with Crippen LogP contribution in [0.5, 0.6) is 0 Å². The van der Waals surface area contributed by atoms with E-state index in [0.717, 1.165) is 12.8 Å². The third kappa shape index (κ3) is 16.4. The molecule has 0 heterocycles. The lowest BCUT2D eigenvalue weighted by molar-refractivity contribution is -0.141. The molecular weight excluding hydrogens is 204 g/mol. The summed E-state index contributed by atoms with van der Waals surface area (Å²) in [6, 6.07) is 4.37. The van der Waals surface area contributed by atoms with Crippen LogP contribution in [0.1, 0.15) is 47.5 Å². The summed E-state index contributed by atoms with van der Waals surface area (Å²) in [5.74, 6) is -0.182. The molecule has 0 rings (SSSR count). The van der Waals surface area contributed by atoms with E-state index in [0.29, 0.717) is 6.61 Å². The monoisotopic (exact) mass is 231 g/mol. The topological polar surface area (TPSA) is 26.3 Å². The summed E-state index contributed by atoms with van der Waals surface area (Å²) in [5.41, 5.74) is 0. The number of carbonyl (C=O) groups is 1. The molecule has 91 valence electrons. The Bertz CT molecular complexity index is 128. The Hall–Kier alpha value is -0.313. The maximum Gasteiger partial charge on any atom is 0.302 e. The molecule has 0 spiro atoms. The first-order valence-corrected chi connectivity index (χ1v) is 8.21.